The van der Waals surface area contributed by atoms with Crippen LogP contribution in [0.15, 0.2) is 5.38 Å². The average molecular weight is 237 g/mol. The third-order valence-corrected chi connectivity index (χ3v) is 3.39. The second kappa shape index (κ2) is 4.09. The molecule has 0 aliphatic carbocycles. The molecule has 1 aliphatic heterocycles. The molecule has 0 radical (unpaired) electrons. The second-order valence-electron chi connectivity index (χ2n) is 3.46. The fourth-order valence-corrected chi connectivity index (χ4v) is 2.55. The summed E-state index contributed by atoms with van der Waals surface area (Å²) in [7, 11) is 0. The van der Waals surface area contributed by atoms with Gasteiger partial charge in [-0.2, -0.15) is 13.2 Å². The Hall–Kier alpha value is -0.620. The molecule has 2 nitrogen and oxygen atoms in total. The van der Waals surface area contributed by atoms with Crippen molar-refractivity contribution in [3.63, 3.8) is 0 Å². The number of hydrogen-bond acceptors (Lipinski definition) is 3. The molecule has 0 atom stereocenters. The average Bonchev–Trinajstić information content (AvgIpc) is 2.67. The summed E-state index contributed by atoms with van der Waals surface area (Å²) in [6.45, 7) is 1.23. The third-order valence-electron chi connectivity index (χ3n) is 2.38. The Bertz CT molecular complexity index is 330. The molecule has 2 heterocycles. The molecule has 0 N–H and O–H groups in total. The van der Waals surface area contributed by atoms with Crippen molar-refractivity contribution in [1.29, 1.82) is 0 Å². The highest BCUT2D eigenvalue weighted by molar-refractivity contribution is 7.09. The molecular formula is C9H10F3NOS. The first-order valence-corrected chi connectivity index (χ1v) is 5.55. The molecule has 1 aliphatic rings. The Morgan fingerprint density at radius 3 is 2.53 bits per heavy atom. The van der Waals surface area contributed by atoms with E-state index in [0.717, 1.165) is 29.6 Å². The molecule has 0 bridgehead atoms. The van der Waals surface area contributed by atoms with Crippen LogP contribution < -0.4 is 0 Å². The number of alkyl halides is 3. The van der Waals surface area contributed by atoms with Gasteiger partial charge in [0, 0.05) is 24.5 Å². The third kappa shape index (κ3) is 2.49. The largest absolute Gasteiger partial charge is 0.434 e. The molecule has 0 unspecified atom stereocenters. The SMILES string of the molecule is FC(F)(F)c1csc(C2CCOCC2)n1. The first-order valence-electron chi connectivity index (χ1n) is 4.68. The van der Waals surface area contributed by atoms with Crippen LogP contribution >= 0.6 is 11.3 Å². The number of halogens is 3. The highest BCUT2D eigenvalue weighted by atomic mass is 32.1. The van der Waals surface area contributed by atoms with Gasteiger partial charge in [-0.1, -0.05) is 0 Å². The van der Waals surface area contributed by atoms with Gasteiger partial charge in [-0.25, -0.2) is 4.98 Å². The maximum absolute atomic E-state index is 12.3. The first-order chi connectivity index (χ1) is 7.07. The van der Waals surface area contributed by atoms with E-state index in [4.69, 9.17) is 4.74 Å². The molecule has 2 rings (SSSR count). The van der Waals surface area contributed by atoms with E-state index in [1.54, 1.807) is 0 Å². The lowest BCUT2D eigenvalue weighted by atomic mass is 10.0. The van der Waals surface area contributed by atoms with Crippen molar-refractivity contribution in [3.05, 3.63) is 16.1 Å². The minimum Gasteiger partial charge on any atom is -0.381 e. The van der Waals surface area contributed by atoms with Crippen molar-refractivity contribution >= 4 is 11.3 Å². The van der Waals surface area contributed by atoms with E-state index < -0.39 is 11.9 Å². The van der Waals surface area contributed by atoms with Gasteiger partial charge in [0.1, 0.15) is 0 Å². The van der Waals surface area contributed by atoms with Gasteiger partial charge in [0.05, 0.1) is 5.01 Å². The van der Waals surface area contributed by atoms with Crippen LogP contribution in [0.25, 0.3) is 0 Å². The fourth-order valence-electron chi connectivity index (χ4n) is 1.55. The lowest BCUT2D eigenvalue weighted by Gasteiger charge is -2.19. The predicted octanol–water partition coefficient (Wildman–Crippen LogP) is 3.06. The number of rotatable bonds is 1. The van der Waals surface area contributed by atoms with Gasteiger partial charge in [-0.3, -0.25) is 0 Å². The Balaban J connectivity index is 2.12. The molecule has 84 valence electrons. The maximum atomic E-state index is 12.3. The number of ether oxygens (including phenoxy) is 1. The van der Waals surface area contributed by atoms with Crippen molar-refractivity contribution < 1.29 is 17.9 Å². The number of aromatic nitrogens is 1. The molecular weight excluding hydrogens is 227 g/mol. The Labute approximate surface area is 89.1 Å². The number of hydrogen-bond donors (Lipinski definition) is 0. The molecule has 15 heavy (non-hydrogen) atoms. The standard InChI is InChI=1S/C9H10F3NOS/c10-9(11,12)7-5-15-8(13-7)6-1-3-14-4-2-6/h5-6H,1-4H2. The number of nitrogens with zero attached hydrogens (tertiary/aromatic N) is 1. The zero-order valence-corrected chi connectivity index (χ0v) is 8.70. The van der Waals surface area contributed by atoms with Crippen LogP contribution in [0.5, 0.6) is 0 Å². The van der Waals surface area contributed by atoms with Crippen molar-refractivity contribution in [2.75, 3.05) is 13.2 Å². The summed E-state index contributed by atoms with van der Waals surface area (Å²) < 4.78 is 42.0. The van der Waals surface area contributed by atoms with Gasteiger partial charge in [-0.05, 0) is 12.8 Å². The zero-order valence-electron chi connectivity index (χ0n) is 7.88. The Morgan fingerprint density at radius 2 is 2.00 bits per heavy atom. The van der Waals surface area contributed by atoms with Crippen LogP contribution in [-0.2, 0) is 10.9 Å². The monoisotopic (exact) mass is 237 g/mol. The van der Waals surface area contributed by atoms with Crippen LogP contribution in [0, 0.1) is 0 Å². The minimum absolute atomic E-state index is 0.139. The van der Waals surface area contributed by atoms with Gasteiger partial charge >= 0.3 is 6.18 Å². The lowest BCUT2D eigenvalue weighted by molar-refractivity contribution is -0.140. The van der Waals surface area contributed by atoms with E-state index in [1.165, 1.54) is 0 Å². The van der Waals surface area contributed by atoms with Crippen molar-refractivity contribution in [2.24, 2.45) is 0 Å². The molecule has 1 aromatic heterocycles. The summed E-state index contributed by atoms with van der Waals surface area (Å²) in [5.41, 5.74) is -0.769. The molecule has 6 heteroatoms. The summed E-state index contributed by atoms with van der Waals surface area (Å²) in [5, 5.41) is 1.68. The molecule has 0 aromatic carbocycles. The van der Waals surface area contributed by atoms with E-state index in [-0.39, 0.29) is 5.92 Å². The Kier molecular flexibility index (Phi) is 2.97. The van der Waals surface area contributed by atoms with Crippen LogP contribution in [-0.4, -0.2) is 18.2 Å². The van der Waals surface area contributed by atoms with Crippen molar-refractivity contribution in [3.8, 4) is 0 Å². The molecule has 1 fully saturated rings. The van der Waals surface area contributed by atoms with E-state index in [9.17, 15) is 13.2 Å². The van der Waals surface area contributed by atoms with Gasteiger partial charge in [0.15, 0.2) is 5.69 Å². The predicted molar refractivity (Wildman–Crippen MR) is 49.9 cm³/mol. The molecule has 1 saturated heterocycles. The molecule has 1 aromatic rings. The maximum Gasteiger partial charge on any atom is 0.434 e. The van der Waals surface area contributed by atoms with E-state index >= 15 is 0 Å². The van der Waals surface area contributed by atoms with Crippen LogP contribution in [0.1, 0.15) is 29.5 Å². The summed E-state index contributed by atoms with van der Waals surface area (Å²) in [5.74, 6) is 0.139. The molecule has 0 amide bonds. The van der Waals surface area contributed by atoms with E-state index in [1.807, 2.05) is 0 Å². The second-order valence-corrected chi connectivity index (χ2v) is 4.35. The van der Waals surface area contributed by atoms with E-state index in [0.29, 0.717) is 18.2 Å². The highest BCUT2D eigenvalue weighted by Gasteiger charge is 2.34. The zero-order chi connectivity index (χ0) is 10.9. The normalized spacial score (nSPS) is 19.4. The molecule has 0 saturated carbocycles. The summed E-state index contributed by atoms with van der Waals surface area (Å²) in [4.78, 5) is 3.64. The Morgan fingerprint density at radius 1 is 1.33 bits per heavy atom. The smallest absolute Gasteiger partial charge is 0.381 e. The quantitative estimate of drug-likeness (QED) is 0.749. The minimum atomic E-state index is -4.32. The summed E-state index contributed by atoms with van der Waals surface area (Å²) >= 11 is 1.10. The van der Waals surface area contributed by atoms with Crippen LogP contribution in [0.4, 0.5) is 13.2 Å². The van der Waals surface area contributed by atoms with Crippen LogP contribution in [0.3, 0.4) is 0 Å². The van der Waals surface area contributed by atoms with Gasteiger partial charge in [0.25, 0.3) is 0 Å². The van der Waals surface area contributed by atoms with Crippen LogP contribution in [0.2, 0.25) is 0 Å². The highest BCUT2D eigenvalue weighted by Crippen LogP contribution is 2.34. The molecule has 0 spiro atoms. The fraction of sp³-hybridized carbons (Fsp3) is 0.667. The van der Waals surface area contributed by atoms with Gasteiger partial charge < -0.3 is 4.74 Å². The number of thiazole rings is 1. The first kappa shape index (κ1) is 10.9. The lowest BCUT2D eigenvalue weighted by Crippen LogP contribution is -2.14. The van der Waals surface area contributed by atoms with Gasteiger partial charge in [-0.15, -0.1) is 11.3 Å². The van der Waals surface area contributed by atoms with Crippen molar-refractivity contribution in [1.82, 2.24) is 4.98 Å². The summed E-state index contributed by atoms with van der Waals surface area (Å²) in [6, 6.07) is 0. The van der Waals surface area contributed by atoms with Gasteiger partial charge in [0.2, 0.25) is 0 Å². The summed E-state index contributed by atoms with van der Waals surface area (Å²) in [6.07, 6.45) is -2.78. The van der Waals surface area contributed by atoms with Crippen molar-refractivity contribution in [2.45, 2.75) is 24.9 Å². The topological polar surface area (TPSA) is 22.1 Å². The van der Waals surface area contributed by atoms with E-state index in [2.05, 4.69) is 4.98 Å².